The molecule has 0 aliphatic carbocycles. The quantitative estimate of drug-likeness (QED) is 0.875. The van der Waals surface area contributed by atoms with Crippen LogP contribution in [0.1, 0.15) is 23.7 Å². The minimum atomic E-state index is -1.00. The summed E-state index contributed by atoms with van der Waals surface area (Å²) in [6.45, 7) is 1.89. The van der Waals surface area contributed by atoms with E-state index in [1.807, 2.05) is 6.92 Å². The number of rotatable bonds is 3. The van der Waals surface area contributed by atoms with Gasteiger partial charge in [0.2, 0.25) is 0 Å². The number of hydrogen-bond donors (Lipinski definition) is 2. The van der Waals surface area contributed by atoms with Gasteiger partial charge in [0.15, 0.2) is 0 Å². The fraction of sp³-hybridized carbons (Fsp3) is 0.300. The Bertz CT molecular complexity index is 349. The van der Waals surface area contributed by atoms with Crippen molar-refractivity contribution in [2.24, 2.45) is 0 Å². The van der Waals surface area contributed by atoms with E-state index in [0.717, 1.165) is 10.0 Å². The number of halogens is 1. The second-order valence-electron chi connectivity index (χ2n) is 3.12. The third kappa shape index (κ3) is 2.82. The molecule has 0 radical (unpaired) electrons. The maximum atomic E-state index is 10.4. The fourth-order valence-electron chi connectivity index (χ4n) is 1.16. The molecule has 0 spiro atoms. The van der Waals surface area contributed by atoms with E-state index in [9.17, 15) is 9.90 Å². The van der Waals surface area contributed by atoms with E-state index in [-0.39, 0.29) is 6.42 Å². The molecule has 0 aromatic heterocycles. The predicted octanol–water partition coefficient (Wildman–Crippen LogP) is 2.27. The van der Waals surface area contributed by atoms with E-state index >= 15 is 0 Å². The molecule has 0 aliphatic rings. The summed E-state index contributed by atoms with van der Waals surface area (Å²) in [7, 11) is 0. The van der Waals surface area contributed by atoms with Gasteiger partial charge in [-0.25, -0.2) is 0 Å². The summed E-state index contributed by atoms with van der Waals surface area (Å²) in [5, 5.41) is 18.0. The average Bonchev–Trinajstić information content (AvgIpc) is 2.08. The molecule has 0 saturated heterocycles. The zero-order chi connectivity index (χ0) is 10.7. The van der Waals surface area contributed by atoms with Crippen molar-refractivity contribution in [2.75, 3.05) is 0 Å². The van der Waals surface area contributed by atoms with Gasteiger partial charge in [0.25, 0.3) is 0 Å². The number of carboxylic acids is 1. The minimum Gasteiger partial charge on any atom is -0.481 e. The topological polar surface area (TPSA) is 57.5 Å². The SMILES string of the molecule is Cc1cc([C@@H](O)CC(=O)O)ccc1Br. The first-order valence-corrected chi connectivity index (χ1v) is 4.96. The Balaban J connectivity index is 2.85. The van der Waals surface area contributed by atoms with Gasteiger partial charge >= 0.3 is 5.97 Å². The van der Waals surface area contributed by atoms with Crippen molar-refractivity contribution in [3.63, 3.8) is 0 Å². The molecule has 1 aromatic rings. The molecule has 4 heteroatoms. The van der Waals surface area contributed by atoms with Gasteiger partial charge in [-0.2, -0.15) is 0 Å². The van der Waals surface area contributed by atoms with Crippen molar-refractivity contribution in [1.29, 1.82) is 0 Å². The Hall–Kier alpha value is -0.870. The number of aliphatic hydroxyl groups excluding tert-OH is 1. The molecule has 3 nitrogen and oxygen atoms in total. The highest BCUT2D eigenvalue weighted by atomic mass is 79.9. The number of aliphatic carboxylic acids is 1. The van der Waals surface area contributed by atoms with Crippen molar-refractivity contribution >= 4 is 21.9 Å². The second-order valence-corrected chi connectivity index (χ2v) is 3.98. The number of carboxylic acid groups (broad SMARTS) is 1. The van der Waals surface area contributed by atoms with Crippen molar-refractivity contribution < 1.29 is 15.0 Å². The summed E-state index contributed by atoms with van der Waals surface area (Å²) < 4.78 is 0.948. The molecule has 0 fully saturated rings. The normalized spacial score (nSPS) is 12.5. The van der Waals surface area contributed by atoms with Crippen molar-refractivity contribution in [2.45, 2.75) is 19.4 Å². The Labute approximate surface area is 90.5 Å². The molecule has 0 bridgehead atoms. The van der Waals surface area contributed by atoms with E-state index in [1.165, 1.54) is 0 Å². The predicted molar refractivity (Wildman–Crippen MR) is 56.1 cm³/mol. The maximum Gasteiger partial charge on any atom is 0.306 e. The number of hydrogen-bond acceptors (Lipinski definition) is 2. The van der Waals surface area contributed by atoms with Gasteiger partial charge in [-0.15, -0.1) is 0 Å². The highest BCUT2D eigenvalue weighted by Gasteiger charge is 2.12. The fourth-order valence-corrected chi connectivity index (χ4v) is 1.41. The molecule has 76 valence electrons. The molecule has 0 amide bonds. The van der Waals surface area contributed by atoms with Gasteiger partial charge in [0.05, 0.1) is 12.5 Å². The Morgan fingerprint density at radius 1 is 1.57 bits per heavy atom. The van der Waals surface area contributed by atoms with Crippen molar-refractivity contribution in [1.82, 2.24) is 0 Å². The third-order valence-corrected chi connectivity index (χ3v) is 2.82. The van der Waals surface area contributed by atoms with Crippen LogP contribution in [0.5, 0.6) is 0 Å². The Kier molecular flexibility index (Phi) is 3.66. The standard InChI is InChI=1S/C10H11BrO3/c1-6-4-7(2-3-8(6)11)9(12)5-10(13)14/h2-4,9,12H,5H2,1H3,(H,13,14)/t9-/m0/s1. The Morgan fingerprint density at radius 3 is 2.71 bits per heavy atom. The first-order valence-electron chi connectivity index (χ1n) is 4.16. The molecular formula is C10H11BrO3. The van der Waals surface area contributed by atoms with E-state index in [1.54, 1.807) is 18.2 Å². The van der Waals surface area contributed by atoms with E-state index < -0.39 is 12.1 Å². The zero-order valence-electron chi connectivity index (χ0n) is 7.70. The van der Waals surface area contributed by atoms with Gasteiger partial charge in [0.1, 0.15) is 0 Å². The van der Waals surface area contributed by atoms with E-state index in [4.69, 9.17) is 5.11 Å². The minimum absolute atomic E-state index is 0.263. The average molecular weight is 259 g/mol. The highest BCUT2D eigenvalue weighted by Crippen LogP contribution is 2.22. The van der Waals surface area contributed by atoms with Gasteiger partial charge in [-0.05, 0) is 24.1 Å². The van der Waals surface area contributed by atoms with E-state index in [2.05, 4.69) is 15.9 Å². The van der Waals surface area contributed by atoms with Crippen LogP contribution in [0.15, 0.2) is 22.7 Å². The van der Waals surface area contributed by atoms with Gasteiger partial charge < -0.3 is 10.2 Å². The summed E-state index contributed by atoms with van der Waals surface area (Å²) in [5.41, 5.74) is 1.61. The van der Waals surface area contributed by atoms with Crippen molar-refractivity contribution in [3.05, 3.63) is 33.8 Å². The first-order chi connectivity index (χ1) is 6.50. The summed E-state index contributed by atoms with van der Waals surface area (Å²) >= 11 is 3.33. The summed E-state index contributed by atoms with van der Waals surface area (Å²) in [5.74, 6) is -1.00. The third-order valence-electron chi connectivity index (χ3n) is 1.93. The molecule has 1 atom stereocenters. The molecule has 0 unspecified atom stereocenters. The summed E-state index contributed by atoms with van der Waals surface area (Å²) in [6, 6.07) is 5.29. The van der Waals surface area contributed by atoms with Gasteiger partial charge in [-0.3, -0.25) is 4.79 Å². The lowest BCUT2D eigenvalue weighted by Crippen LogP contribution is -2.05. The summed E-state index contributed by atoms with van der Waals surface area (Å²) in [6.07, 6.45) is -1.19. The summed E-state index contributed by atoms with van der Waals surface area (Å²) in [4.78, 5) is 10.4. The van der Waals surface area contributed by atoms with Crippen LogP contribution in [0.25, 0.3) is 0 Å². The second kappa shape index (κ2) is 4.57. The lowest BCUT2D eigenvalue weighted by atomic mass is 10.0. The number of carbonyl (C=O) groups is 1. The molecule has 1 rings (SSSR count). The van der Waals surface area contributed by atoms with Gasteiger partial charge in [-0.1, -0.05) is 28.1 Å². The lowest BCUT2D eigenvalue weighted by Gasteiger charge is -2.09. The van der Waals surface area contributed by atoms with Crippen LogP contribution in [0, 0.1) is 6.92 Å². The van der Waals surface area contributed by atoms with Crippen LogP contribution < -0.4 is 0 Å². The van der Waals surface area contributed by atoms with Crippen molar-refractivity contribution in [3.8, 4) is 0 Å². The lowest BCUT2D eigenvalue weighted by molar-refractivity contribution is -0.139. The number of benzene rings is 1. The molecule has 0 saturated carbocycles. The van der Waals surface area contributed by atoms with Crippen LogP contribution in [0.2, 0.25) is 0 Å². The van der Waals surface area contributed by atoms with Crippen LogP contribution in [-0.4, -0.2) is 16.2 Å². The molecular weight excluding hydrogens is 248 g/mol. The van der Waals surface area contributed by atoms with Crippen LogP contribution in [-0.2, 0) is 4.79 Å². The highest BCUT2D eigenvalue weighted by molar-refractivity contribution is 9.10. The molecule has 0 aliphatic heterocycles. The Morgan fingerprint density at radius 2 is 2.21 bits per heavy atom. The number of aliphatic hydroxyl groups is 1. The van der Waals surface area contributed by atoms with Gasteiger partial charge in [0, 0.05) is 4.47 Å². The van der Waals surface area contributed by atoms with Crippen LogP contribution in [0.3, 0.4) is 0 Å². The smallest absolute Gasteiger partial charge is 0.306 e. The molecule has 2 N–H and O–H groups in total. The number of aryl methyl sites for hydroxylation is 1. The molecule has 14 heavy (non-hydrogen) atoms. The van der Waals surface area contributed by atoms with E-state index in [0.29, 0.717) is 5.56 Å². The monoisotopic (exact) mass is 258 g/mol. The maximum absolute atomic E-state index is 10.4. The van der Waals surface area contributed by atoms with Crippen LogP contribution in [0.4, 0.5) is 0 Å². The first kappa shape index (κ1) is 11.2. The largest absolute Gasteiger partial charge is 0.481 e. The molecule has 0 heterocycles. The molecule has 1 aromatic carbocycles. The zero-order valence-corrected chi connectivity index (χ0v) is 9.28. The van der Waals surface area contributed by atoms with Crippen LogP contribution >= 0.6 is 15.9 Å².